The van der Waals surface area contributed by atoms with Crippen LogP contribution in [0.4, 0.5) is 0 Å². The molecule has 0 aliphatic carbocycles. The minimum Gasteiger partial charge on any atom is -0.494 e. The number of hydrogen-bond acceptors (Lipinski definition) is 1. The summed E-state index contributed by atoms with van der Waals surface area (Å²) in [5.74, 6) is 0.960. The second-order valence-corrected chi connectivity index (χ2v) is 3.64. The molecule has 2 aromatic rings. The lowest BCUT2D eigenvalue weighted by Gasteiger charge is -2.06. The summed E-state index contributed by atoms with van der Waals surface area (Å²) in [6.45, 7) is 2.97. The van der Waals surface area contributed by atoms with Gasteiger partial charge < -0.3 is 4.74 Å². The van der Waals surface area contributed by atoms with E-state index in [0.717, 1.165) is 18.8 Å². The average molecular weight is 199 g/mol. The molecule has 0 saturated heterocycles. The molecule has 0 spiro atoms. The lowest BCUT2D eigenvalue weighted by atomic mass is 10.1. The van der Waals surface area contributed by atoms with Gasteiger partial charge in [0.25, 0.3) is 0 Å². The summed E-state index contributed by atoms with van der Waals surface area (Å²) in [4.78, 5) is 0. The Hall–Kier alpha value is -1.50. The maximum absolute atomic E-state index is 5.64. The highest BCUT2D eigenvalue weighted by molar-refractivity contribution is 5.83. The van der Waals surface area contributed by atoms with Crippen molar-refractivity contribution in [2.45, 2.75) is 19.8 Å². The SMILES string of the molecule is CCCCOc1ccc2c[c]ccc2c1. The van der Waals surface area contributed by atoms with E-state index in [9.17, 15) is 0 Å². The molecular weight excluding hydrogens is 184 g/mol. The molecule has 15 heavy (non-hydrogen) atoms. The summed E-state index contributed by atoms with van der Waals surface area (Å²) in [5.41, 5.74) is 0. The van der Waals surface area contributed by atoms with Crippen LogP contribution < -0.4 is 4.74 Å². The smallest absolute Gasteiger partial charge is 0.119 e. The Morgan fingerprint density at radius 2 is 2.13 bits per heavy atom. The molecule has 0 amide bonds. The predicted octanol–water partition coefficient (Wildman–Crippen LogP) is 3.82. The van der Waals surface area contributed by atoms with Crippen LogP contribution in [0.2, 0.25) is 0 Å². The number of benzene rings is 2. The summed E-state index contributed by atoms with van der Waals surface area (Å²) in [6, 6.07) is 15.2. The van der Waals surface area contributed by atoms with Crippen LogP contribution in [0.3, 0.4) is 0 Å². The highest BCUT2D eigenvalue weighted by atomic mass is 16.5. The van der Waals surface area contributed by atoms with Crippen LogP contribution in [-0.2, 0) is 0 Å². The molecule has 1 radical (unpaired) electrons. The minimum absolute atomic E-state index is 0.807. The molecule has 1 nitrogen and oxygen atoms in total. The van der Waals surface area contributed by atoms with Gasteiger partial charge >= 0.3 is 0 Å². The molecule has 0 atom stereocenters. The third-order valence-electron chi connectivity index (χ3n) is 2.42. The summed E-state index contributed by atoms with van der Waals surface area (Å²) < 4.78 is 5.64. The Balaban J connectivity index is 2.16. The van der Waals surface area contributed by atoms with Crippen molar-refractivity contribution < 1.29 is 4.74 Å². The van der Waals surface area contributed by atoms with E-state index in [1.54, 1.807) is 0 Å². The molecule has 0 aliphatic rings. The Morgan fingerprint density at radius 1 is 1.20 bits per heavy atom. The molecule has 0 aromatic heterocycles. The number of ether oxygens (including phenoxy) is 1. The van der Waals surface area contributed by atoms with Gasteiger partial charge in [-0.1, -0.05) is 31.5 Å². The van der Waals surface area contributed by atoms with Crippen molar-refractivity contribution in [1.82, 2.24) is 0 Å². The van der Waals surface area contributed by atoms with E-state index in [1.165, 1.54) is 17.2 Å². The zero-order valence-electron chi connectivity index (χ0n) is 8.99. The normalized spacial score (nSPS) is 10.5. The van der Waals surface area contributed by atoms with Gasteiger partial charge in [-0.2, -0.15) is 0 Å². The van der Waals surface area contributed by atoms with Gasteiger partial charge in [0.05, 0.1) is 6.61 Å². The van der Waals surface area contributed by atoms with E-state index >= 15 is 0 Å². The van der Waals surface area contributed by atoms with Gasteiger partial charge in [0.1, 0.15) is 5.75 Å². The molecule has 0 saturated carbocycles. The van der Waals surface area contributed by atoms with Gasteiger partial charge in [0.15, 0.2) is 0 Å². The monoisotopic (exact) mass is 199 g/mol. The van der Waals surface area contributed by atoms with Crippen molar-refractivity contribution in [3.63, 3.8) is 0 Å². The van der Waals surface area contributed by atoms with Crippen molar-refractivity contribution in [3.05, 3.63) is 42.5 Å². The molecule has 2 aromatic carbocycles. The summed E-state index contributed by atoms with van der Waals surface area (Å²) >= 11 is 0. The molecule has 2 rings (SSSR count). The first-order valence-electron chi connectivity index (χ1n) is 5.43. The first-order chi connectivity index (χ1) is 7.40. The van der Waals surface area contributed by atoms with Crippen LogP contribution in [0.1, 0.15) is 19.8 Å². The maximum atomic E-state index is 5.64. The van der Waals surface area contributed by atoms with Crippen LogP contribution in [0.25, 0.3) is 10.8 Å². The molecule has 77 valence electrons. The molecule has 0 bridgehead atoms. The van der Waals surface area contributed by atoms with Crippen molar-refractivity contribution >= 4 is 10.8 Å². The fourth-order valence-corrected chi connectivity index (χ4v) is 1.53. The minimum atomic E-state index is 0.807. The summed E-state index contributed by atoms with van der Waals surface area (Å²) in [6.07, 6.45) is 2.28. The molecule has 0 unspecified atom stereocenters. The topological polar surface area (TPSA) is 9.23 Å². The summed E-state index contributed by atoms with van der Waals surface area (Å²) in [7, 11) is 0. The Kier molecular flexibility index (Phi) is 3.23. The highest BCUT2D eigenvalue weighted by Crippen LogP contribution is 2.20. The zero-order chi connectivity index (χ0) is 10.5. The Labute approximate surface area is 90.7 Å². The standard InChI is InChI=1S/C14H15O/c1-2-3-10-15-14-9-8-12-6-4-5-7-13(12)11-14/h5-9,11H,2-3,10H2,1H3. The van der Waals surface area contributed by atoms with E-state index in [2.05, 4.69) is 31.2 Å². The van der Waals surface area contributed by atoms with Crippen LogP contribution in [0.5, 0.6) is 5.75 Å². The lowest BCUT2D eigenvalue weighted by molar-refractivity contribution is 0.310. The van der Waals surface area contributed by atoms with Crippen LogP contribution >= 0.6 is 0 Å². The maximum Gasteiger partial charge on any atom is 0.119 e. The van der Waals surface area contributed by atoms with Gasteiger partial charge in [-0.15, -0.1) is 0 Å². The largest absolute Gasteiger partial charge is 0.494 e. The second-order valence-electron chi connectivity index (χ2n) is 3.64. The Morgan fingerprint density at radius 3 is 3.00 bits per heavy atom. The molecule has 0 heterocycles. The fourth-order valence-electron chi connectivity index (χ4n) is 1.53. The molecule has 0 N–H and O–H groups in total. The number of fused-ring (bicyclic) bond motifs is 1. The van der Waals surface area contributed by atoms with Gasteiger partial charge in [-0.3, -0.25) is 0 Å². The number of rotatable bonds is 4. The van der Waals surface area contributed by atoms with Gasteiger partial charge in [0, 0.05) is 0 Å². The van der Waals surface area contributed by atoms with E-state index in [-0.39, 0.29) is 0 Å². The quantitative estimate of drug-likeness (QED) is 0.680. The first kappa shape index (κ1) is 10.0. The van der Waals surface area contributed by atoms with E-state index in [1.807, 2.05) is 18.2 Å². The molecular formula is C14H15O. The van der Waals surface area contributed by atoms with Crippen LogP contribution in [0, 0.1) is 6.07 Å². The van der Waals surface area contributed by atoms with Gasteiger partial charge in [0.2, 0.25) is 0 Å². The van der Waals surface area contributed by atoms with Crippen molar-refractivity contribution in [3.8, 4) is 5.75 Å². The van der Waals surface area contributed by atoms with Crippen molar-refractivity contribution in [2.24, 2.45) is 0 Å². The van der Waals surface area contributed by atoms with Crippen LogP contribution in [0.15, 0.2) is 36.4 Å². The molecule has 0 aliphatic heterocycles. The third-order valence-corrected chi connectivity index (χ3v) is 2.42. The van der Waals surface area contributed by atoms with Crippen LogP contribution in [-0.4, -0.2) is 6.61 Å². The van der Waals surface area contributed by atoms with Gasteiger partial charge in [-0.05, 0) is 41.5 Å². The third kappa shape index (κ3) is 2.50. The molecule has 0 fully saturated rings. The number of unbranched alkanes of at least 4 members (excludes halogenated alkanes) is 1. The lowest BCUT2D eigenvalue weighted by Crippen LogP contribution is -1.95. The number of hydrogen-bond donors (Lipinski definition) is 0. The summed E-state index contributed by atoms with van der Waals surface area (Å²) in [5, 5.41) is 2.42. The van der Waals surface area contributed by atoms with E-state index in [4.69, 9.17) is 4.74 Å². The van der Waals surface area contributed by atoms with Crippen molar-refractivity contribution in [2.75, 3.05) is 6.61 Å². The Bertz CT molecular complexity index is 434. The predicted molar refractivity (Wildman–Crippen MR) is 63.2 cm³/mol. The second kappa shape index (κ2) is 4.83. The van der Waals surface area contributed by atoms with Crippen molar-refractivity contribution in [1.29, 1.82) is 0 Å². The zero-order valence-corrected chi connectivity index (χ0v) is 8.99. The van der Waals surface area contributed by atoms with Gasteiger partial charge in [-0.25, -0.2) is 0 Å². The first-order valence-corrected chi connectivity index (χ1v) is 5.43. The van der Waals surface area contributed by atoms with E-state index in [0.29, 0.717) is 0 Å². The fraction of sp³-hybridized carbons (Fsp3) is 0.286. The highest BCUT2D eigenvalue weighted by Gasteiger charge is 1.96. The van der Waals surface area contributed by atoms with E-state index < -0.39 is 0 Å². The molecule has 1 heteroatoms. The average Bonchev–Trinajstić information content (AvgIpc) is 2.29.